The van der Waals surface area contributed by atoms with Crippen molar-refractivity contribution in [3.05, 3.63) is 166 Å². The van der Waals surface area contributed by atoms with E-state index in [1.54, 1.807) is 6.08 Å². The number of hydrogen-bond acceptors (Lipinski definition) is 3. The summed E-state index contributed by atoms with van der Waals surface area (Å²) in [4.78, 5) is 29.7. The molecule has 0 saturated heterocycles. The zero-order valence-electron chi connectivity index (χ0n) is 28.7. The van der Waals surface area contributed by atoms with E-state index >= 15 is 0 Å². The predicted molar refractivity (Wildman–Crippen MR) is 208 cm³/mol. The molecule has 7 aromatic carbocycles. The number of Topliss-reactive ketones (excluding diaryl/α,β-unsaturated/α-hetero) is 2. The smallest absolute Gasteiger partial charge is 0.197 e. The van der Waals surface area contributed by atoms with Crippen LogP contribution < -0.4 is 4.90 Å². The molecule has 3 heteroatoms. The molecule has 9 rings (SSSR count). The van der Waals surface area contributed by atoms with Gasteiger partial charge in [0.1, 0.15) is 0 Å². The van der Waals surface area contributed by atoms with Crippen molar-refractivity contribution in [2.75, 3.05) is 4.90 Å². The Morgan fingerprint density at radius 2 is 1.18 bits per heavy atom. The number of rotatable bonds is 4. The number of fused-ring (bicyclic) bond motifs is 8. The summed E-state index contributed by atoms with van der Waals surface area (Å²) >= 11 is 0. The molecule has 0 aromatic heterocycles. The van der Waals surface area contributed by atoms with Crippen LogP contribution in [0.3, 0.4) is 0 Å². The van der Waals surface area contributed by atoms with Crippen LogP contribution in [0, 0.1) is 0 Å². The molecule has 0 bridgehead atoms. The molecule has 242 valence electrons. The number of allylic oxidation sites excluding steroid dienone is 1. The van der Waals surface area contributed by atoms with Gasteiger partial charge in [-0.05, 0) is 92.5 Å². The highest BCUT2D eigenvalue weighted by Crippen LogP contribution is 2.56. The van der Waals surface area contributed by atoms with Crippen LogP contribution in [-0.2, 0) is 5.41 Å². The Kier molecular flexibility index (Phi) is 6.73. The van der Waals surface area contributed by atoms with Crippen LogP contribution in [0.15, 0.2) is 133 Å². The maximum absolute atomic E-state index is 13.6. The van der Waals surface area contributed by atoms with Crippen LogP contribution in [0.5, 0.6) is 0 Å². The lowest BCUT2D eigenvalue weighted by Gasteiger charge is -2.43. The van der Waals surface area contributed by atoms with E-state index in [9.17, 15) is 9.59 Å². The highest BCUT2D eigenvalue weighted by Gasteiger charge is 2.39. The van der Waals surface area contributed by atoms with Crippen LogP contribution >= 0.6 is 0 Å². The summed E-state index contributed by atoms with van der Waals surface area (Å²) in [6.45, 7) is 9.17. The zero-order valence-corrected chi connectivity index (χ0v) is 28.7. The fourth-order valence-corrected chi connectivity index (χ4v) is 8.18. The van der Waals surface area contributed by atoms with E-state index in [1.807, 2.05) is 42.5 Å². The molecule has 0 saturated carbocycles. The average Bonchev–Trinajstić information content (AvgIpc) is 3.37. The Morgan fingerprint density at radius 3 is 1.80 bits per heavy atom. The monoisotopic (exact) mass is 647 g/mol. The summed E-state index contributed by atoms with van der Waals surface area (Å²) in [6, 6.07) is 44.6. The third-order valence-corrected chi connectivity index (χ3v) is 11.2. The van der Waals surface area contributed by atoms with E-state index in [1.165, 1.54) is 38.8 Å². The van der Waals surface area contributed by atoms with Crippen molar-refractivity contribution in [2.24, 2.45) is 0 Å². The first-order valence-corrected chi connectivity index (χ1v) is 17.6. The van der Waals surface area contributed by atoms with Gasteiger partial charge in [-0.25, -0.2) is 0 Å². The summed E-state index contributed by atoms with van der Waals surface area (Å²) in [7, 11) is 0. The Labute approximate surface area is 292 Å². The molecule has 3 nitrogen and oxygen atoms in total. The third-order valence-electron chi connectivity index (χ3n) is 11.2. The van der Waals surface area contributed by atoms with Crippen molar-refractivity contribution in [1.29, 1.82) is 0 Å². The molecule has 0 fully saturated rings. The first kappa shape index (κ1) is 30.3. The van der Waals surface area contributed by atoms with Crippen molar-refractivity contribution in [1.82, 2.24) is 0 Å². The van der Waals surface area contributed by atoms with Crippen LogP contribution in [0.25, 0.3) is 38.4 Å². The lowest BCUT2D eigenvalue weighted by atomic mass is 9.72. The number of nitrogens with zero attached hydrogens (tertiary/aromatic N) is 1. The van der Waals surface area contributed by atoms with Gasteiger partial charge in [0.05, 0.1) is 16.9 Å². The molecule has 1 atom stereocenters. The number of carbonyl (C=O) groups excluding carboxylic acids is 2. The van der Waals surface area contributed by atoms with E-state index in [0.29, 0.717) is 17.0 Å². The molecular formula is C47H37NO2. The topological polar surface area (TPSA) is 37.4 Å². The Hall–Kier alpha value is -5.80. The molecule has 7 aromatic rings. The summed E-state index contributed by atoms with van der Waals surface area (Å²) < 4.78 is 0. The predicted octanol–water partition coefficient (Wildman–Crippen LogP) is 12.2. The number of carbonyl (C=O) groups is 2. The van der Waals surface area contributed by atoms with Crippen LogP contribution in [0.4, 0.5) is 17.1 Å². The van der Waals surface area contributed by atoms with Crippen LogP contribution in [0.2, 0.25) is 0 Å². The van der Waals surface area contributed by atoms with E-state index < -0.39 is 0 Å². The number of anilines is 3. The van der Waals surface area contributed by atoms with Crippen molar-refractivity contribution in [3.8, 4) is 0 Å². The van der Waals surface area contributed by atoms with Crippen LogP contribution in [0.1, 0.15) is 83.0 Å². The number of benzene rings is 7. The summed E-state index contributed by atoms with van der Waals surface area (Å²) in [5, 5.41) is 6.53. The second-order valence-electron chi connectivity index (χ2n) is 14.4. The van der Waals surface area contributed by atoms with Crippen molar-refractivity contribution < 1.29 is 9.59 Å². The molecule has 0 amide bonds. The Bertz CT molecular complexity index is 2550. The molecule has 0 spiro atoms. The Balaban J connectivity index is 1.22. The van der Waals surface area contributed by atoms with Gasteiger partial charge in [-0.3, -0.25) is 9.59 Å². The molecule has 50 heavy (non-hydrogen) atoms. The van der Waals surface area contributed by atoms with Gasteiger partial charge in [0.25, 0.3) is 0 Å². The fraction of sp³-hybridized carbons (Fsp3) is 0.149. The summed E-state index contributed by atoms with van der Waals surface area (Å²) in [6.07, 6.45) is 2.86. The largest absolute Gasteiger partial charge is 0.309 e. The maximum atomic E-state index is 13.6. The Morgan fingerprint density at radius 1 is 0.620 bits per heavy atom. The van der Waals surface area contributed by atoms with Gasteiger partial charge in [-0.1, -0.05) is 125 Å². The fourth-order valence-electron chi connectivity index (χ4n) is 8.18. The van der Waals surface area contributed by atoms with Crippen molar-refractivity contribution in [2.45, 2.75) is 45.4 Å². The second-order valence-corrected chi connectivity index (χ2v) is 14.4. The number of ketones is 2. The molecule has 1 aliphatic carbocycles. The van der Waals surface area contributed by atoms with E-state index in [2.05, 4.69) is 118 Å². The van der Waals surface area contributed by atoms with Crippen molar-refractivity contribution >= 4 is 67.0 Å². The molecule has 1 heterocycles. The average molecular weight is 648 g/mol. The van der Waals surface area contributed by atoms with E-state index in [4.69, 9.17) is 0 Å². The summed E-state index contributed by atoms with van der Waals surface area (Å²) in [5.74, 6) is 0.0701. The SMILES string of the molecule is CCC(C)c1ccc(N2c3c(ccc4ccccc34)C(C)(C)c3ccc4cc(C=C5C(=O)c6cc7ccccc7cc6C5=O)ccc4c32)cc1. The molecule has 1 aliphatic heterocycles. The van der Waals surface area contributed by atoms with Gasteiger partial charge < -0.3 is 4.90 Å². The first-order valence-electron chi connectivity index (χ1n) is 17.6. The van der Waals surface area contributed by atoms with Crippen molar-refractivity contribution in [3.63, 3.8) is 0 Å². The zero-order chi connectivity index (χ0) is 34.3. The summed E-state index contributed by atoms with van der Waals surface area (Å²) in [5.41, 5.74) is 9.15. The molecule has 2 aliphatic rings. The van der Waals surface area contributed by atoms with Gasteiger partial charge in [0.2, 0.25) is 0 Å². The van der Waals surface area contributed by atoms with Gasteiger partial charge in [-0.2, -0.15) is 0 Å². The van der Waals surface area contributed by atoms with E-state index in [0.717, 1.165) is 39.2 Å². The minimum absolute atomic E-state index is 0.210. The second kappa shape index (κ2) is 11.1. The normalized spacial score (nSPS) is 15.4. The van der Waals surface area contributed by atoms with Gasteiger partial charge in [0, 0.05) is 33.0 Å². The highest BCUT2D eigenvalue weighted by atomic mass is 16.2. The lowest BCUT2D eigenvalue weighted by molar-refractivity contribution is 0.0990. The third kappa shape index (κ3) is 4.43. The highest BCUT2D eigenvalue weighted by molar-refractivity contribution is 6.42. The minimum Gasteiger partial charge on any atom is -0.309 e. The van der Waals surface area contributed by atoms with E-state index in [-0.39, 0.29) is 22.6 Å². The molecular weight excluding hydrogens is 611 g/mol. The molecule has 0 radical (unpaired) electrons. The maximum Gasteiger partial charge on any atom is 0.197 e. The molecule has 1 unspecified atom stereocenters. The number of hydrogen-bond donors (Lipinski definition) is 0. The van der Waals surface area contributed by atoms with Crippen LogP contribution in [-0.4, -0.2) is 11.6 Å². The standard InChI is InChI=1S/C47H37NO2/c1-5-28(2)30-15-19-35(20-16-30)48-43-36-13-9-8-10-31(36)17-22-41(43)47(3,4)42-23-18-34-24-29(14-21-37(34)44(42)48)25-40-45(49)38-26-32-11-6-7-12-33(32)27-39(38)46(40)50/h6-28H,5H2,1-4H3. The quantitative estimate of drug-likeness (QED) is 0.141. The van der Waals surface area contributed by atoms with Gasteiger partial charge >= 0.3 is 0 Å². The lowest BCUT2D eigenvalue weighted by Crippen LogP contribution is -2.31. The first-order chi connectivity index (χ1) is 24.2. The van der Waals surface area contributed by atoms with Gasteiger partial charge in [-0.15, -0.1) is 0 Å². The molecule has 0 N–H and O–H groups in total. The van der Waals surface area contributed by atoms with Gasteiger partial charge in [0.15, 0.2) is 11.6 Å². The minimum atomic E-state index is -0.255.